The van der Waals surface area contributed by atoms with Crippen LogP contribution >= 0.6 is 0 Å². The van der Waals surface area contributed by atoms with Crippen molar-refractivity contribution in [3.05, 3.63) is 42.0 Å². The molecule has 3 rings (SSSR count). The van der Waals surface area contributed by atoms with Gasteiger partial charge in [-0.3, -0.25) is 0 Å². The average molecular weight is 373 g/mol. The van der Waals surface area contributed by atoms with Gasteiger partial charge in [0.15, 0.2) is 0 Å². The summed E-state index contributed by atoms with van der Waals surface area (Å²) in [6.07, 6.45) is 0.0375. The Kier molecular flexibility index (Phi) is 5.73. The van der Waals surface area contributed by atoms with Crippen molar-refractivity contribution in [1.29, 1.82) is 0 Å². The summed E-state index contributed by atoms with van der Waals surface area (Å²) in [4.78, 5) is 25.0. The molecule has 7 nitrogen and oxygen atoms in total. The fourth-order valence-corrected chi connectivity index (χ4v) is 2.90. The number of urea groups is 1. The second-order valence-corrected chi connectivity index (χ2v) is 6.69. The molecule has 0 atom stereocenters. The van der Waals surface area contributed by atoms with Crippen molar-refractivity contribution < 1.29 is 13.9 Å². The molecule has 8 heteroatoms. The maximum absolute atomic E-state index is 13.2. The summed E-state index contributed by atoms with van der Waals surface area (Å²) in [6, 6.07) is 7.47. The number of amides is 2. The van der Waals surface area contributed by atoms with Crippen LogP contribution in [-0.2, 0) is 0 Å². The molecule has 2 heterocycles. The molecular formula is C19H24FN5O2. The van der Waals surface area contributed by atoms with E-state index in [-0.39, 0.29) is 18.0 Å². The SMILES string of the molecule is Cc1nc(OC(C)C)cc(N2CCN(C(=O)Nc3cccc(F)c3)CC2)n1. The highest BCUT2D eigenvalue weighted by molar-refractivity contribution is 5.89. The van der Waals surface area contributed by atoms with Crippen LogP contribution < -0.4 is 15.0 Å². The lowest BCUT2D eigenvalue weighted by molar-refractivity contribution is 0.208. The Morgan fingerprint density at radius 3 is 2.59 bits per heavy atom. The predicted molar refractivity (Wildman–Crippen MR) is 102 cm³/mol. The fraction of sp³-hybridized carbons (Fsp3) is 0.421. The number of hydrogen-bond acceptors (Lipinski definition) is 5. The van der Waals surface area contributed by atoms with E-state index in [0.29, 0.717) is 43.6 Å². The molecule has 0 radical (unpaired) electrons. The molecule has 0 saturated carbocycles. The van der Waals surface area contributed by atoms with E-state index in [1.807, 2.05) is 26.8 Å². The van der Waals surface area contributed by atoms with Crippen LogP contribution in [-0.4, -0.2) is 53.2 Å². The molecule has 2 aromatic rings. The number of aryl methyl sites for hydroxylation is 1. The summed E-state index contributed by atoms with van der Waals surface area (Å²) in [6.45, 7) is 8.12. The summed E-state index contributed by atoms with van der Waals surface area (Å²) in [5.74, 6) is 1.62. The Bertz CT molecular complexity index is 806. The van der Waals surface area contributed by atoms with Gasteiger partial charge in [-0.1, -0.05) is 6.07 Å². The minimum absolute atomic E-state index is 0.0375. The van der Waals surface area contributed by atoms with Crippen LogP contribution in [0.15, 0.2) is 30.3 Å². The van der Waals surface area contributed by atoms with Crippen LogP contribution in [0.25, 0.3) is 0 Å². The largest absolute Gasteiger partial charge is 0.475 e. The van der Waals surface area contributed by atoms with Crippen molar-refractivity contribution in [2.24, 2.45) is 0 Å². The van der Waals surface area contributed by atoms with Gasteiger partial charge in [0.05, 0.1) is 6.10 Å². The Morgan fingerprint density at radius 1 is 1.19 bits per heavy atom. The maximum Gasteiger partial charge on any atom is 0.321 e. The van der Waals surface area contributed by atoms with Gasteiger partial charge in [-0.15, -0.1) is 0 Å². The van der Waals surface area contributed by atoms with Gasteiger partial charge in [-0.25, -0.2) is 14.2 Å². The van der Waals surface area contributed by atoms with E-state index >= 15 is 0 Å². The summed E-state index contributed by atoms with van der Waals surface area (Å²) < 4.78 is 18.9. The van der Waals surface area contributed by atoms with Crippen LogP contribution in [0, 0.1) is 12.7 Å². The van der Waals surface area contributed by atoms with Gasteiger partial charge < -0.3 is 19.9 Å². The fourth-order valence-electron chi connectivity index (χ4n) is 2.90. The average Bonchev–Trinajstić information content (AvgIpc) is 2.61. The molecule has 0 unspecified atom stereocenters. The molecule has 0 spiro atoms. The standard InChI is InChI=1S/C19H24FN5O2/c1-13(2)27-18-12-17(21-14(3)22-18)24-7-9-25(10-8-24)19(26)23-16-6-4-5-15(20)11-16/h4-6,11-13H,7-10H2,1-3H3,(H,23,26). The van der Waals surface area contributed by atoms with Crippen molar-refractivity contribution in [2.75, 3.05) is 36.4 Å². The second kappa shape index (κ2) is 8.20. The highest BCUT2D eigenvalue weighted by atomic mass is 19.1. The van der Waals surface area contributed by atoms with Crippen LogP contribution in [0.4, 0.5) is 20.7 Å². The lowest BCUT2D eigenvalue weighted by atomic mass is 10.3. The highest BCUT2D eigenvalue weighted by Crippen LogP contribution is 2.20. The first-order valence-electron chi connectivity index (χ1n) is 8.99. The second-order valence-electron chi connectivity index (χ2n) is 6.69. The third-order valence-corrected chi connectivity index (χ3v) is 4.12. The molecule has 2 amide bonds. The monoisotopic (exact) mass is 373 g/mol. The van der Waals surface area contributed by atoms with Crippen LogP contribution in [0.1, 0.15) is 19.7 Å². The van der Waals surface area contributed by atoms with Gasteiger partial charge in [0.2, 0.25) is 5.88 Å². The minimum Gasteiger partial charge on any atom is -0.475 e. The number of halogens is 1. The summed E-state index contributed by atoms with van der Waals surface area (Å²) in [5, 5.41) is 2.73. The lowest BCUT2D eigenvalue weighted by Crippen LogP contribution is -2.50. The van der Waals surface area contributed by atoms with E-state index in [4.69, 9.17) is 4.74 Å². The summed E-state index contributed by atoms with van der Waals surface area (Å²) >= 11 is 0. The van der Waals surface area contributed by atoms with Crippen molar-refractivity contribution in [3.63, 3.8) is 0 Å². The van der Waals surface area contributed by atoms with Gasteiger partial charge >= 0.3 is 6.03 Å². The number of hydrogen-bond donors (Lipinski definition) is 1. The topological polar surface area (TPSA) is 70.6 Å². The third kappa shape index (κ3) is 5.06. The molecule has 1 N–H and O–H groups in total. The molecular weight excluding hydrogens is 349 g/mol. The molecule has 1 aliphatic heterocycles. The Hall–Kier alpha value is -2.90. The molecule has 144 valence electrons. The number of carbonyl (C=O) groups excluding carboxylic acids is 1. The van der Waals surface area contributed by atoms with Crippen molar-refractivity contribution in [1.82, 2.24) is 14.9 Å². The molecule has 1 aromatic heterocycles. The number of carbonyl (C=O) groups is 1. The van der Waals surface area contributed by atoms with Gasteiger partial charge in [0.25, 0.3) is 0 Å². The number of ether oxygens (including phenoxy) is 1. The maximum atomic E-state index is 13.2. The normalized spacial score (nSPS) is 14.4. The van der Waals surface area contributed by atoms with Crippen molar-refractivity contribution in [3.8, 4) is 5.88 Å². The lowest BCUT2D eigenvalue weighted by Gasteiger charge is -2.35. The molecule has 1 fully saturated rings. The zero-order valence-corrected chi connectivity index (χ0v) is 15.8. The zero-order chi connectivity index (χ0) is 19.4. The van der Waals surface area contributed by atoms with Gasteiger partial charge in [-0.2, -0.15) is 4.98 Å². The minimum atomic E-state index is -0.379. The molecule has 0 bridgehead atoms. The van der Waals surface area contributed by atoms with Crippen LogP contribution in [0.2, 0.25) is 0 Å². The van der Waals surface area contributed by atoms with Gasteiger partial charge in [-0.05, 0) is 39.0 Å². The first kappa shape index (κ1) is 18.9. The van der Waals surface area contributed by atoms with E-state index in [0.717, 1.165) is 5.82 Å². The van der Waals surface area contributed by atoms with Crippen LogP contribution in [0.5, 0.6) is 5.88 Å². The van der Waals surface area contributed by atoms with E-state index in [1.165, 1.54) is 12.1 Å². The highest BCUT2D eigenvalue weighted by Gasteiger charge is 2.23. The Morgan fingerprint density at radius 2 is 1.93 bits per heavy atom. The number of aromatic nitrogens is 2. The molecule has 1 saturated heterocycles. The van der Waals surface area contributed by atoms with E-state index in [2.05, 4.69) is 20.2 Å². The first-order valence-corrected chi connectivity index (χ1v) is 8.99. The van der Waals surface area contributed by atoms with Gasteiger partial charge in [0.1, 0.15) is 17.5 Å². The van der Waals surface area contributed by atoms with Gasteiger partial charge in [0, 0.05) is 37.9 Å². The number of nitrogens with one attached hydrogen (secondary N) is 1. The number of anilines is 2. The summed E-state index contributed by atoms with van der Waals surface area (Å²) in [5.41, 5.74) is 0.448. The molecule has 1 aromatic carbocycles. The van der Waals surface area contributed by atoms with E-state index in [9.17, 15) is 9.18 Å². The quantitative estimate of drug-likeness (QED) is 0.892. The molecule has 27 heavy (non-hydrogen) atoms. The Labute approximate surface area is 158 Å². The first-order chi connectivity index (χ1) is 12.9. The van der Waals surface area contributed by atoms with Crippen molar-refractivity contribution in [2.45, 2.75) is 26.9 Å². The number of rotatable bonds is 4. The molecule has 0 aliphatic carbocycles. The van der Waals surface area contributed by atoms with E-state index in [1.54, 1.807) is 17.0 Å². The van der Waals surface area contributed by atoms with E-state index < -0.39 is 0 Å². The summed E-state index contributed by atoms with van der Waals surface area (Å²) in [7, 11) is 0. The number of nitrogens with zero attached hydrogens (tertiary/aromatic N) is 4. The zero-order valence-electron chi connectivity index (χ0n) is 15.8. The Balaban J connectivity index is 1.60. The smallest absolute Gasteiger partial charge is 0.321 e. The van der Waals surface area contributed by atoms with Crippen LogP contribution in [0.3, 0.4) is 0 Å². The third-order valence-electron chi connectivity index (χ3n) is 4.12. The number of piperazine rings is 1. The molecule has 1 aliphatic rings. The number of benzene rings is 1. The van der Waals surface area contributed by atoms with Crippen molar-refractivity contribution >= 4 is 17.5 Å². The predicted octanol–water partition coefficient (Wildman–Crippen LogP) is 3.07.